The molecule has 306 valence electrons. The molecule has 2 aromatic heterocycles. The van der Waals surface area contributed by atoms with Crippen LogP contribution < -0.4 is 9.80 Å². The second-order valence-corrected chi connectivity index (χ2v) is 15.3. The van der Waals surface area contributed by atoms with Gasteiger partial charge < -0.3 is 4.90 Å². The van der Waals surface area contributed by atoms with Crippen LogP contribution in [0.15, 0.2) is 218 Å². The van der Waals surface area contributed by atoms with Crippen LogP contribution in [0.4, 0.5) is 34.6 Å². The highest BCUT2D eigenvalue weighted by molar-refractivity contribution is 5.87. The zero-order chi connectivity index (χ0) is 43.2. The van der Waals surface area contributed by atoms with Crippen LogP contribution in [0, 0.1) is 13.8 Å². The first-order chi connectivity index (χ1) is 31.6. The second kappa shape index (κ2) is 17.8. The first-order valence-corrected chi connectivity index (χ1v) is 21.2. The molecule has 0 fully saturated rings. The van der Waals surface area contributed by atoms with Crippen LogP contribution in [-0.4, -0.2) is 29.9 Å². The van der Waals surface area contributed by atoms with E-state index in [0.29, 0.717) is 35.2 Å². The van der Waals surface area contributed by atoms with Gasteiger partial charge in [-0.25, -0.2) is 14.9 Å². The van der Waals surface area contributed by atoms with Gasteiger partial charge in [0.25, 0.3) is 0 Å². The maximum Gasteiger partial charge on any atom is 0.241 e. The smallest absolute Gasteiger partial charge is 0.241 e. The fourth-order valence-electron chi connectivity index (χ4n) is 8.00. The average molecular weight is 827 g/mol. The van der Waals surface area contributed by atoms with E-state index in [-0.39, 0.29) is 0 Å². The molecule has 8 heteroatoms. The van der Waals surface area contributed by atoms with Crippen LogP contribution in [0.2, 0.25) is 0 Å². The second-order valence-electron chi connectivity index (χ2n) is 15.3. The van der Waals surface area contributed by atoms with Gasteiger partial charge >= 0.3 is 0 Å². The van der Waals surface area contributed by atoms with Crippen molar-refractivity contribution in [1.29, 1.82) is 0 Å². The summed E-state index contributed by atoms with van der Waals surface area (Å²) in [5.41, 5.74) is 11.7. The molecule has 0 radical (unpaired) electrons. The minimum atomic E-state index is 0.363. The minimum absolute atomic E-state index is 0.363. The van der Waals surface area contributed by atoms with Crippen molar-refractivity contribution in [2.75, 3.05) is 9.80 Å². The molecule has 2 heterocycles. The molecule has 8 aromatic carbocycles. The summed E-state index contributed by atoms with van der Waals surface area (Å²) in [5, 5.41) is 0. The van der Waals surface area contributed by atoms with Gasteiger partial charge in [-0.15, -0.1) is 0 Å². The summed E-state index contributed by atoms with van der Waals surface area (Å²) >= 11 is 0. The summed E-state index contributed by atoms with van der Waals surface area (Å²) in [5.74, 6) is 2.82. The van der Waals surface area contributed by atoms with Gasteiger partial charge in [-0.05, 0) is 72.5 Å². The Morgan fingerprint density at radius 3 is 0.859 bits per heavy atom. The van der Waals surface area contributed by atoms with E-state index in [1.54, 1.807) is 0 Å². The molecule has 0 aliphatic rings. The van der Waals surface area contributed by atoms with Crippen LogP contribution in [0.3, 0.4) is 0 Å². The van der Waals surface area contributed by atoms with Gasteiger partial charge in [-0.1, -0.05) is 182 Å². The Morgan fingerprint density at radius 1 is 0.266 bits per heavy atom. The molecule has 64 heavy (non-hydrogen) atoms. The van der Waals surface area contributed by atoms with Crippen molar-refractivity contribution in [1.82, 2.24) is 29.9 Å². The topological polar surface area (TPSA) is 83.8 Å². The van der Waals surface area contributed by atoms with Gasteiger partial charge in [0.15, 0.2) is 23.3 Å². The number of rotatable bonds is 11. The molecule has 0 spiro atoms. The largest absolute Gasteiger partial charge is 0.310 e. The van der Waals surface area contributed by atoms with Gasteiger partial charge in [0.2, 0.25) is 11.9 Å². The molecule has 10 rings (SSSR count). The van der Waals surface area contributed by atoms with Crippen LogP contribution in [-0.2, 0) is 0 Å². The first kappa shape index (κ1) is 39.5. The number of hydrogen-bond acceptors (Lipinski definition) is 8. The highest BCUT2D eigenvalue weighted by Crippen LogP contribution is 2.43. The number of benzene rings is 8. The fourth-order valence-corrected chi connectivity index (χ4v) is 8.00. The number of nitrogens with zero attached hydrogens (tertiary/aromatic N) is 8. The lowest BCUT2D eigenvalue weighted by atomic mass is 9.93. The lowest BCUT2D eigenvalue weighted by Gasteiger charge is -2.29. The summed E-state index contributed by atoms with van der Waals surface area (Å²) in [6, 6.07) is 73.8. The first-order valence-electron chi connectivity index (χ1n) is 21.2. The Kier molecular flexibility index (Phi) is 11.0. The lowest BCUT2D eigenvalue weighted by molar-refractivity contribution is 0.961. The van der Waals surface area contributed by atoms with E-state index < -0.39 is 0 Å². The number of hydrogen-bond donors (Lipinski definition) is 0. The summed E-state index contributed by atoms with van der Waals surface area (Å²) in [4.78, 5) is 35.4. The monoisotopic (exact) mass is 826 g/mol. The maximum atomic E-state index is 5.25. The van der Waals surface area contributed by atoms with E-state index in [1.165, 1.54) is 0 Å². The minimum Gasteiger partial charge on any atom is -0.310 e. The number of para-hydroxylation sites is 2. The van der Waals surface area contributed by atoms with E-state index in [1.807, 2.05) is 138 Å². The van der Waals surface area contributed by atoms with E-state index in [9.17, 15) is 0 Å². The van der Waals surface area contributed by atoms with Crippen molar-refractivity contribution in [2.24, 2.45) is 0 Å². The molecule has 0 saturated heterocycles. The Balaban J connectivity index is 1.22. The number of aromatic nitrogens is 6. The van der Waals surface area contributed by atoms with Gasteiger partial charge in [-0.2, -0.15) is 19.9 Å². The van der Waals surface area contributed by atoms with Crippen molar-refractivity contribution in [3.63, 3.8) is 0 Å². The molecular weight excluding hydrogens is 785 g/mol. The average Bonchev–Trinajstić information content (AvgIpc) is 3.37. The molecule has 0 N–H and O–H groups in total. The zero-order valence-corrected chi connectivity index (χ0v) is 35.4. The molecule has 0 unspecified atom stereocenters. The normalized spacial score (nSPS) is 11.0. The Bertz CT molecular complexity index is 2890. The Hall–Kier alpha value is -8.62. The summed E-state index contributed by atoms with van der Waals surface area (Å²) in [7, 11) is 0. The quantitative estimate of drug-likeness (QED) is 0.127. The van der Waals surface area contributed by atoms with E-state index in [4.69, 9.17) is 29.9 Å². The summed E-state index contributed by atoms with van der Waals surface area (Å²) < 4.78 is 0. The van der Waals surface area contributed by atoms with Crippen molar-refractivity contribution in [3.05, 3.63) is 230 Å². The van der Waals surface area contributed by atoms with Crippen LogP contribution in [0.5, 0.6) is 0 Å². The van der Waals surface area contributed by atoms with E-state index >= 15 is 0 Å². The highest BCUT2D eigenvalue weighted by atomic mass is 15.4. The molecular formula is C56H42N8. The predicted octanol–water partition coefficient (Wildman–Crippen LogP) is 13.9. The van der Waals surface area contributed by atoms with E-state index in [2.05, 4.69) is 104 Å². The molecule has 0 atom stereocenters. The predicted molar refractivity (Wildman–Crippen MR) is 259 cm³/mol. The molecule has 8 nitrogen and oxygen atoms in total. The Labute approximate surface area is 373 Å². The third-order valence-corrected chi connectivity index (χ3v) is 11.2. The van der Waals surface area contributed by atoms with Crippen molar-refractivity contribution in [3.8, 4) is 56.7 Å². The number of anilines is 6. The van der Waals surface area contributed by atoms with E-state index in [0.717, 1.165) is 67.3 Å². The third kappa shape index (κ3) is 7.99. The summed E-state index contributed by atoms with van der Waals surface area (Å²) in [6.45, 7) is 4.34. The van der Waals surface area contributed by atoms with Gasteiger partial charge in [0.1, 0.15) is 0 Å². The SMILES string of the molecule is Cc1c(-c2cccc(N(c3nc(-c4ccccc4)nc(-c4ccccc4)n3)c3nc(-c4ccccc4)nc(-c4ccccc4)n3)c2C)cccc1N(c1ccccc1)c1ccccc1. The highest BCUT2D eigenvalue weighted by Gasteiger charge is 2.27. The molecule has 0 bridgehead atoms. The van der Waals surface area contributed by atoms with Crippen molar-refractivity contribution < 1.29 is 0 Å². The van der Waals surface area contributed by atoms with Gasteiger partial charge in [0, 0.05) is 39.3 Å². The molecule has 10 aromatic rings. The lowest BCUT2D eigenvalue weighted by Crippen LogP contribution is -2.20. The molecule has 0 saturated carbocycles. The summed E-state index contributed by atoms with van der Waals surface area (Å²) in [6.07, 6.45) is 0. The van der Waals surface area contributed by atoms with Crippen LogP contribution in [0.1, 0.15) is 11.1 Å². The Morgan fingerprint density at radius 2 is 0.547 bits per heavy atom. The van der Waals surface area contributed by atoms with Gasteiger partial charge in [0.05, 0.1) is 5.69 Å². The van der Waals surface area contributed by atoms with Crippen molar-refractivity contribution in [2.45, 2.75) is 13.8 Å². The molecule has 0 aliphatic heterocycles. The zero-order valence-electron chi connectivity index (χ0n) is 35.4. The van der Waals surface area contributed by atoms with Crippen molar-refractivity contribution >= 4 is 34.6 Å². The maximum absolute atomic E-state index is 5.25. The van der Waals surface area contributed by atoms with Crippen LogP contribution >= 0.6 is 0 Å². The standard InChI is InChI=1S/C56H42N8/c1-39-47(35-21-37-49(39)63(45-31-17-7-18-32-45)46-33-19-8-20-34-46)48-36-22-38-50(40(48)2)64(55-59-51(41-23-9-3-10-24-41)57-52(60-55)42-25-11-4-12-26-42)56-61-53(43-27-13-5-14-28-43)58-54(62-56)44-29-15-6-16-30-44/h3-38H,1-2H3. The molecule has 0 amide bonds. The fraction of sp³-hybridized carbons (Fsp3) is 0.0357. The van der Waals surface area contributed by atoms with Crippen LogP contribution in [0.25, 0.3) is 56.7 Å². The van der Waals surface area contributed by atoms with Gasteiger partial charge in [-0.3, -0.25) is 0 Å². The molecule has 0 aliphatic carbocycles. The third-order valence-electron chi connectivity index (χ3n) is 11.2.